The molecule has 1 saturated heterocycles. The summed E-state index contributed by atoms with van der Waals surface area (Å²) in [6.45, 7) is 4.01. The number of nitrogens with zero attached hydrogens (tertiary/aromatic N) is 6. The van der Waals surface area contributed by atoms with Crippen molar-refractivity contribution in [1.82, 2.24) is 25.0 Å². The van der Waals surface area contributed by atoms with Gasteiger partial charge >= 0.3 is 0 Å². The summed E-state index contributed by atoms with van der Waals surface area (Å²) < 4.78 is 2.02. The molecule has 6 nitrogen and oxygen atoms in total. The normalized spacial score (nSPS) is 15.6. The highest BCUT2D eigenvalue weighted by Gasteiger charge is 2.22. The van der Waals surface area contributed by atoms with Crippen molar-refractivity contribution in [3.05, 3.63) is 54.6 Å². The molecule has 0 amide bonds. The van der Waals surface area contributed by atoms with Crippen LogP contribution >= 0.6 is 0 Å². The van der Waals surface area contributed by atoms with Gasteiger partial charge in [0.1, 0.15) is 11.5 Å². The fourth-order valence-corrected chi connectivity index (χ4v) is 3.13. The Bertz CT molecular complexity index is 788. The van der Waals surface area contributed by atoms with E-state index < -0.39 is 0 Å². The van der Waals surface area contributed by atoms with Gasteiger partial charge < -0.3 is 4.90 Å². The van der Waals surface area contributed by atoms with Crippen LogP contribution in [0.1, 0.15) is 24.4 Å². The maximum Gasteiger partial charge on any atom is 0.147 e. The van der Waals surface area contributed by atoms with Gasteiger partial charge in [-0.2, -0.15) is 0 Å². The molecule has 0 aliphatic carbocycles. The van der Waals surface area contributed by atoms with Crippen molar-refractivity contribution in [2.24, 2.45) is 0 Å². The van der Waals surface area contributed by atoms with E-state index in [9.17, 15) is 0 Å². The fourth-order valence-electron chi connectivity index (χ4n) is 3.13. The van der Waals surface area contributed by atoms with Crippen LogP contribution in [0.2, 0.25) is 0 Å². The second-order valence-electron chi connectivity index (χ2n) is 6.23. The molecule has 4 rings (SSSR count). The van der Waals surface area contributed by atoms with Crippen LogP contribution in [0.25, 0.3) is 11.3 Å². The standard InChI is InChI=1S/C18H20N6/c1-14-2-4-15(5-3-14)17-13-24(22-21-17)16-6-10-23(11-7-16)18-12-19-8-9-20-18/h2-5,8-9,12-13,16H,6-7,10-11H2,1H3. The number of hydrogen-bond acceptors (Lipinski definition) is 5. The molecule has 0 unspecified atom stereocenters. The zero-order valence-electron chi connectivity index (χ0n) is 13.7. The number of rotatable bonds is 3. The third-order valence-electron chi connectivity index (χ3n) is 4.57. The van der Waals surface area contributed by atoms with Crippen LogP contribution in [0.3, 0.4) is 0 Å². The van der Waals surface area contributed by atoms with Crippen molar-refractivity contribution >= 4 is 5.82 Å². The number of benzene rings is 1. The van der Waals surface area contributed by atoms with E-state index in [1.165, 1.54) is 5.56 Å². The highest BCUT2D eigenvalue weighted by Crippen LogP contribution is 2.26. The third kappa shape index (κ3) is 2.99. The van der Waals surface area contributed by atoms with Gasteiger partial charge in [0.15, 0.2) is 0 Å². The molecule has 122 valence electrons. The van der Waals surface area contributed by atoms with Crippen LogP contribution in [0.5, 0.6) is 0 Å². The first-order valence-electron chi connectivity index (χ1n) is 8.29. The Morgan fingerprint density at radius 1 is 1.04 bits per heavy atom. The molecule has 24 heavy (non-hydrogen) atoms. The Hall–Kier alpha value is -2.76. The molecule has 2 aromatic heterocycles. The molecular weight excluding hydrogens is 300 g/mol. The zero-order valence-corrected chi connectivity index (χ0v) is 13.7. The topological polar surface area (TPSA) is 59.7 Å². The summed E-state index contributed by atoms with van der Waals surface area (Å²) in [4.78, 5) is 10.8. The Kier molecular flexibility index (Phi) is 3.94. The molecule has 3 aromatic rings. The van der Waals surface area contributed by atoms with Gasteiger partial charge in [-0.25, -0.2) is 9.67 Å². The molecule has 0 atom stereocenters. The van der Waals surface area contributed by atoms with Crippen molar-refractivity contribution in [3.63, 3.8) is 0 Å². The van der Waals surface area contributed by atoms with Gasteiger partial charge in [0.2, 0.25) is 0 Å². The lowest BCUT2D eigenvalue weighted by Crippen LogP contribution is -2.35. The highest BCUT2D eigenvalue weighted by atomic mass is 15.4. The molecule has 0 bridgehead atoms. The minimum absolute atomic E-state index is 0.393. The van der Waals surface area contributed by atoms with Crippen LogP contribution in [0.15, 0.2) is 49.1 Å². The van der Waals surface area contributed by atoms with Crippen molar-refractivity contribution < 1.29 is 0 Å². The van der Waals surface area contributed by atoms with Gasteiger partial charge in [-0.1, -0.05) is 35.0 Å². The van der Waals surface area contributed by atoms with Crippen molar-refractivity contribution in [1.29, 1.82) is 0 Å². The SMILES string of the molecule is Cc1ccc(-c2cn(C3CCN(c4cnccn4)CC3)nn2)cc1. The number of aryl methyl sites for hydroxylation is 1. The molecule has 0 saturated carbocycles. The Morgan fingerprint density at radius 2 is 1.83 bits per heavy atom. The molecule has 1 fully saturated rings. The van der Waals surface area contributed by atoms with Crippen molar-refractivity contribution in [2.75, 3.05) is 18.0 Å². The Labute approximate surface area is 141 Å². The summed E-state index contributed by atoms with van der Waals surface area (Å²) in [5.41, 5.74) is 3.30. The highest BCUT2D eigenvalue weighted by molar-refractivity contribution is 5.57. The number of anilines is 1. The second-order valence-corrected chi connectivity index (χ2v) is 6.23. The first kappa shape index (κ1) is 14.8. The maximum atomic E-state index is 4.38. The van der Waals surface area contributed by atoms with Gasteiger partial charge in [0.25, 0.3) is 0 Å². The van der Waals surface area contributed by atoms with E-state index in [4.69, 9.17) is 0 Å². The number of hydrogen-bond donors (Lipinski definition) is 0. The quantitative estimate of drug-likeness (QED) is 0.742. The molecular formula is C18H20N6. The molecule has 1 aliphatic rings. The Balaban J connectivity index is 1.44. The molecule has 3 heterocycles. The number of piperidine rings is 1. The summed E-state index contributed by atoms with van der Waals surface area (Å²) in [5, 5.41) is 8.70. The van der Waals surface area contributed by atoms with E-state index in [1.54, 1.807) is 12.4 Å². The molecule has 6 heteroatoms. The molecule has 0 N–H and O–H groups in total. The summed E-state index contributed by atoms with van der Waals surface area (Å²) in [7, 11) is 0. The smallest absolute Gasteiger partial charge is 0.147 e. The van der Waals surface area contributed by atoms with Crippen molar-refractivity contribution in [2.45, 2.75) is 25.8 Å². The average molecular weight is 320 g/mol. The lowest BCUT2D eigenvalue weighted by Gasteiger charge is -2.32. The van der Waals surface area contributed by atoms with E-state index in [0.29, 0.717) is 6.04 Å². The van der Waals surface area contributed by atoms with E-state index >= 15 is 0 Å². The average Bonchev–Trinajstić information content (AvgIpc) is 3.13. The van der Waals surface area contributed by atoms with Crippen LogP contribution in [0.4, 0.5) is 5.82 Å². The number of aromatic nitrogens is 5. The van der Waals surface area contributed by atoms with Gasteiger partial charge in [-0.3, -0.25) is 4.98 Å². The lowest BCUT2D eigenvalue weighted by atomic mass is 10.1. The zero-order chi connectivity index (χ0) is 16.4. The first-order chi connectivity index (χ1) is 11.8. The molecule has 1 aromatic carbocycles. The van der Waals surface area contributed by atoms with Gasteiger partial charge in [-0.15, -0.1) is 5.10 Å². The summed E-state index contributed by atoms with van der Waals surface area (Å²) in [6, 6.07) is 8.80. The van der Waals surface area contributed by atoms with Crippen LogP contribution < -0.4 is 4.90 Å². The van der Waals surface area contributed by atoms with Crippen LogP contribution in [0, 0.1) is 6.92 Å². The summed E-state index contributed by atoms with van der Waals surface area (Å²) in [5.74, 6) is 0.954. The monoisotopic (exact) mass is 320 g/mol. The molecule has 0 radical (unpaired) electrons. The van der Waals surface area contributed by atoms with E-state index in [0.717, 1.165) is 43.0 Å². The van der Waals surface area contributed by atoms with Crippen LogP contribution in [-0.2, 0) is 0 Å². The summed E-state index contributed by atoms with van der Waals surface area (Å²) in [6.07, 6.45) is 9.41. The van der Waals surface area contributed by atoms with Gasteiger partial charge in [0.05, 0.1) is 18.4 Å². The Morgan fingerprint density at radius 3 is 2.54 bits per heavy atom. The van der Waals surface area contributed by atoms with E-state index in [1.807, 2.05) is 10.9 Å². The third-order valence-corrected chi connectivity index (χ3v) is 4.57. The van der Waals surface area contributed by atoms with E-state index in [-0.39, 0.29) is 0 Å². The second kappa shape index (κ2) is 6.39. The lowest BCUT2D eigenvalue weighted by molar-refractivity contribution is 0.359. The van der Waals surface area contributed by atoms with E-state index in [2.05, 4.69) is 62.6 Å². The minimum Gasteiger partial charge on any atom is -0.355 e. The maximum absolute atomic E-state index is 4.38. The predicted molar refractivity (Wildman–Crippen MR) is 92.7 cm³/mol. The first-order valence-corrected chi connectivity index (χ1v) is 8.29. The largest absolute Gasteiger partial charge is 0.355 e. The molecule has 0 spiro atoms. The van der Waals surface area contributed by atoms with Gasteiger partial charge in [-0.05, 0) is 19.8 Å². The minimum atomic E-state index is 0.393. The predicted octanol–water partition coefficient (Wildman–Crippen LogP) is 2.89. The fraction of sp³-hybridized carbons (Fsp3) is 0.333. The van der Waals surface area contributed by atoms with Gasteiger partial charge in [0, 0.05) is 31.0 Å². The molecule has 1 aliphatic heterocycles. The van der Waals surface area contributed by atoms with Crippen molar-refractivity contribution in [3.8, 4) is 11.3 Å². The summed E-state index contributed by atoms with van der Waals surface area (Å²) >= 11 is 0. The van der Waals surface area contributed by atoms with Crippen LogP contribution in [-0.4, -0.2) is 38.1 Å².